The van der Waals surface area contributed by atoms with Crippen molar-refractivity contribution in [2.75, 3.05) is 5.75 Å². The summed E-state index contributed by atoms with van der Waals surface area (Å²) in [5.41, 5.74) is 2.05. The molecule has 4 rings (SSSR count). The van der Waals surface area contributed by atoms with Crippen molar-refractivity contribution in [3.05, 3.63) is 36.3 Å². The van der Waals surface area contributed by atoms with Gasteiger partial charge in [0.1, 0.15) is 5.65 Å². The number of carbonyl (C=O) groups is 1. The number of imidazole rings is 1. The van der Waals surface area contributed by atoms with E-state index in [1.54, 1.807) is 0 Å². The van der Waals surface area contributed by atoms with Crippen LogP contribution in [0, 0.1) is 0 Å². The maximum Gasteiger partial charge on any atom is 0.233 e. The summed E-state index contributed by atoms with van der Waals surface area (Å²) in [7, 11) is 0. The Bertz CT molecular complexity index is 688. The molecule has 0 radical (unpaired) electrons. The predicted octanol–water partition coefficient (Wildman–Crippen LogP) is 3.50. The zero-order valence-electron chi connectivity index (χ0n) is 13.4. The molecule has 2 heterocycles. The van der Waals surface area contributed by atoms with E-state index in [-0.39, 0.29) is 0 Å². The maximum atomic E-state index is 12.7. The molecular weight excluding hydrogens is 306 g/mol. The Kier molecular flexibility index (Phi) is 4.29. The summed E-state index contributed by atoms with van der Waals surface area (Å²) in [5, 5.41) is 0.704. The van der Waals surface area contributed by atoms with Crippen LogP contribution in [-0.4, -0.2) is 37.2 Å². The minimum Gasteiger partial charge on any atom is -0.333 e. The van der Waals surface area contributed by atoms with Crippen molar-refractivity contribution in [1.82, 2.24) is 14.3 Å². The van der Waals surface area contributed by atoms with Gasteiger partial charge in [-0.1, -0.05) is 18.9 Å². The number of pyridine rings is 1. The lowest BCUT2D eigenvalue weighted by molar-refractivity contribution is -0.129. The van der Waals surface area contributed by atoms with Gasteiger partial charge in [-0.25, -0.2) is 4.98 Å². The van der Waals surface area contributed by atoms with Crippen molar-refractivity contribution in [2.45, 2.75) is 56.4 Å². The first-order valence-electron chi connectivity index (χ1n) is 8.63. The molecule has 2 aromatic rings. The van der Waals surface area contributed by atoms with Crippen molar-refractivity contribution >= 4 is 23.3 Å². The highest BCUT2D eigenvalue weighted by atomic mass is 32.2. The van der Waals surface area contributed by atoms with Crippen molar-refractivity contribution < 1.29 is 4.79 Å². The minimum absolute atomic E-state index is 0.301. The molecular formula is C18H23N3OS. The number of thioether (sulfide) groups is 1. The van der Waals surface area contributed by atoms with E-state index in [9.17, 15) is 4.79 Å². The van der Waals surface area contributed by atoms with Crippen LogP contribution in [0.2, 0.25) is 0 Å². The fourth-order valence-electron chi connectivity index (χ4n) is 3.41. The summed E-state index contributed by atoms with van der Waals surface area (Å²) >= 11 is 1.87. The number of aromatic nitrogens is 2. The lowest BCUT2D eigenvalue weighted by atomic mass is 10.3. The van der Waals surface area contributed by atoms with Gasteiger partial charge in [0, 0.05) is 17.5 Å². The summed E-state index contributed by atoms with van der Waals surface area (Å²) < 4.78 is 2.09. The number of fused-ring (bicyclic) bond motifs is 1. The molecule has 0 saturated heterocycles. The van der Waals surface area contributed by atoms with Crippen LogP contribution in [-0.2, 0) is 11.3 Å². The molecule has 1 amide bonds. The molecule has 0 spiro atoms. The SMILES string of the molecule is O=C(CSC1CCCC1)N(Cc1cnc2ccccn12)C1CC1. The molecule has 2 fully saturated rings. The molecule has 0 N–H and O–H groups in total. The highest BCUT2D eigenvalue weighted by Gasteiger charge is 2.33. The number of rotatable bonds is 6. The Balaban J connectivity index is 1.44. The Hall–Kier alpha value is -1.49. The summed E-state index contributed by atoms with van der Waals surface area (Å²) in [6, 6.07) is 6.45. The average molecular weight is 329 g/mol. The second kappa shape index (κ2) is 6.56. The van der Waals surface area contributed by atoms with Gasteiger partial charge in [-0.05, 0) is 37.8 Å². The molecule has 0 atom stereocenters. The predicted molar refractivity (Wildman–Crippen MR) is 93.5 cm³/mol. The van der Waals surface area contributed by atoms with Crippen LogP contribution in [0.1, 0.15) is 44.2 Å². The van der Waals surface area contributed by atoms with Crippen molar-refractivity contribution in [1.29, 1.82) is 0 Å². The zero-order chi connectivity index (χ0) is 15.6. The topological polar surface area (TPSA) is 37.6 Å². The lowest BCUT2D eigenvalue weighted by Gasteiger charge is -2.23. The first-order valence-corrected chi connectivity index (χ1v) is 9.68. The molecule has 2 aliphatic rings. The van der Waals surface area contributed by atoms with Crippen LogP contribution in [0.5, 0.6) is 0 Å². The zero-order valence-corrected chi connectivity index (χ0v) is 14.2. The Morgan fingerprint density at radius 3 is 2.87 bits per heavy atom. The van der Waals surface area contributed by atoms with Crippen molar-refractivity contribution in [3.63, 3.8) is 0 Å². The molecule has 122 valence electrons. The first kappa shape index (κ1) is 15.1. The quantitative estimate of drug-likeness (QED) is 0.814. The van der Waals surface area contributed by atoms with Gasteiger partial charge in [-0.3, -0.25) is 4.79 Å². The number of amides is 1. The molecule has 2 saturated carbocycles. The van der Waals surface area contributed by atoms with Crippen LogP contribution in [0.4, 0.5) is 0 Å². The van der Waals surface area contributed by atoms with Gasteiger partial charge in [0.05, 0.1) is 24.2 Å². The van der Waals surface area contributed by atoms with Gasteiger partial charge in [0.2, 0.25) is 5.91 Å². The third kappa shape index (κ3) is 3.39. The van der Waals surface area contributed by atoms with Crippen molar-refractivity contribution in [2.24, 2.45) is 0 Å². The monoisotopic (exact) mass is 329 g/mol. The molecule has 0 aromatic carbocycles. The molecule has 0 aliphatic heterocycles. The van der Waals surface area contributed by atoms with Gasteiger partial charge < -0.3 is 9.30 Å². The van der Waals surface area contributed by atoms with E-state index in [2.05, 4.69) is 14.3 Å². The fraction of sp³-hybridized carbons (Fsp3) is 0.556. The van der Waals surface area contributed by atoms with Gasteiger partial charge in [0.15, 0.2) is 0 Å². The summed E-state index contributed by atoms with van der Waals surface area (Å²) in [4.78, 5) is 19.2. The molecule has 5 heteroatoms. The van der Waals surface area contributed by atoms with Gasteiger partial charge in [-0.15, -0.1) is 11.8 Å². The number of nitrogens with zero attached hydrogens (tertiary/aromatic N) is 3. The van der Waals surface area contributed by atoms with Crippen LogP contribution in [0.3, 0.4) is 0 Å². The molecule has 23 heavy (non-hydrogen) atoms. The van der Waals surface area contributed by atoms with E-state index in [1.807, 2.05) is 42.4 Å². The standard InChI is InChI=1S/C18H23N3OS/c22-18(13-23-16-5-1-2-6-16)21(14-8-9-14)12-15-11-19-17-7-3-4-10-20(15)17/h3-4,7,10-11,14,16H,1-2,5-6,8-9,12-13H2. The third-order valence-electron chi connectivity index (χ3n) is 4.88. The van der Waals surface area contributed by atoms with E-state index in [1.165, 1.54) is 25.7 Å². The molecule has 4 nitrogen and oxygen atoms in total. The highest BCUT2D eigenvalue weighted by molar-refractivity contribution is 8.00. The largest absolute Gasteiger partial charge is 0.333 e. The second-order valence-electron chi connectivity index (χ2n) is 6.65. The summed E-state index contributed by atoms with van der Waals surface area (Å²) in [6.07, 6.45) is 11.5. The maximum absolute atomic E-state index is 12.7. The van der Waals surface area contributed by atoms with Crippen LogP contribution < -0.4 is 0 Å². The first-order chi connectivity index (χ1) is 11.3. The van der Waals surface area contributed by atoms with E-state index >= 15 is 0 Å². The Morgan fingerprint density at radius 2 is 2.09 bits per heavy atom. The third-order valence-corrected chi connectivity index (χ3v) is 6.24. The lowest BCUT2D eigenvalue weighted by Crippen LogP contribution is -2.34. The van der Waals surface area contributed by atoms with Crippen LogP contribution in [0.25, 0.3) is 5.65 Å². The van der Waals surface area contributed by atoms with Gasteiger partial charge in [0.25, 0.3) is 0 Å². The normalized spacial score (nSPS) is 18.6. The smallest absolute Gasteiger partial charge is 0.233 e. The summed E-state index contributed by atoms with van der Waals surface area (Å²) in [6.45, 7) is 0.680. The second-order valence-corrected chi connectivity index (χ2v) is 7.94. The van der Waals surface area contributed by atoms with Crippen molar-refractivity contribution in [3.8, 4) is 0 Å². The van der Waals surface area contributed by atoms with Gasteiger partial charge in [-0.2, -0.15) is 0 Å². The number of carbonyl (C=O) groups excluding carboxylic acids is 1. The Morgan fingerprint density at radius 1 is 1.26 bits per heavy atom. The van der Waals surface area contributed by atoms with Crippen LogP contribution in [0.15, 0.2) is 30.6 Å². The minimum atomic E-state index is 0.301. The average Bonchev–Trinajstić information content (AvgIpc) is 3.12. The van der Waals surface area contributed by atoms with E-state index in [0.717, 1.165) is 24.2 Å². The fourth-order valence-corrected chi connectivity index (χ4v) is 4.62. The number of hydrogen-bond donors (Lipinski definition) is 0. The molecule has 0 unspecified atom stereocenters. The van der Waals surface area contributed by atoms with E-state index in [4.69, 9.17) is 0 Å². The highest BCUT2D eigenvalue weighted by Crippen LogP contribution is 2.32. The molecule has 2 aliphatic carbocycles. The molecule has 2 aromatic heterocycles. The molecule has 0 bridgehead atoms. The number of hydrogen-bond acceptors (Lipinski definition) is 3. The summed E-state index contributed by atoms with van der Waals surface area (Å²) in [5.74, 6) is 0.938. The van der Waals surface area contributed by atoms with Gasteiger partial charge >= 0.3 is 0 Å². The van der Waals surface area contributed by atoms with Crippen LogP contribution >= 0.6 is 11.8 Å². The Labute approximate surface area is 141 Å². The van der Waals surface area contributed by atoms with E-state index < -0.39 is 0 Å². The van der Waals surface area contributed by atoms with E-state index in [0.29, 0.717) is 29.5 Å².